The smallest absolute Gasteiger partial charge is 0.407 e. The highest BCUT2D eigenvalue weighted by molar-refractivity contribution is 5.88. The average molecular weight is 887 g/mol. The lowest BCUT2D eigenvalue weighted by atomic mass is 9.90. The number of H-pyrrole nitrogens is 2. The van der Waals surface area contributed by atoms with Gasteiger partial charge in [0.05, 0.1) is 50.1 Å². The van der Waals surface area contributed by atoms with Crippen LogP contribution in [0.15, 0.2) is 60.9 Å². The summed E-state index contributed by atoms with van der Waals surface area (Å²) in [6, 6.07) is 16.2. The molecule has 11 rings (SSSR count). The van der Waals surface area contributed by atoms with Gasteiger partial charge in [0.1, 0.15) is 23.7 Å². The first-order valence-electron chi connectivity index (χ1n) is 23.6. The molecular weight excluding hydrogens is 829 g/mol. The first kappa shape index (κ1) is 41.9. The lowest BCUT2D eigenvalue weighted by Gasteiger charge is -2.35. The maximum atomic E-state index is 14.2. The number of methoxy groups -OCH3 is 2. The van der Waals surface area contributed by atoms with Gasteiger partial charge in [0, 0.05) is 38.5 Å². The summed E-state index contributed by atoms with van der Waals surface area (Å²) in [6.45, 7) is 2.29. The normalized spacial score (nSPS) is 29.0. The topological polar surface area (TPSA) is 193 Å². The largest absolute Gasteiger partial charge is 0.453 e. The van der Waals surface area contributed by atoms with Crippen LogP contribution < -0.4 is 10.6 Å². The number of aromatic amines is 2. The molecule has 0 bridgehead atoms. The van der Waals surface area contributed by atoms with E-state index in [-0.39, 0.29) is 47.8 Å². The Labute approximate surface area is 377 Å². The maximum absolute atomic E-state index is 14.2. The van der Waals surface area contributed by atoms with Crippen LogP contribution in [0.5, 0.6) is 0 Å². The van der Waals surface area contributed by atoms with Crippen LogP contribution in [0.4, 0.5) is 9.59 Å². The number of benzene rings is 2. The van der Waals surface area contributed by atoms with Crippen molar-refractivity contribution in [3.05, 3.63) is 83.7 Å². The molecule has 4 aromatic rings. The van der Waals surface area contributed by atoms with Crippen LogP contribution in [0, 0.1) is 23.7 Å². The third kappa shape index (κ3) is 8.17. The Morgan fingerprint density at radius 1 is 0.600 bits per heavy atom. The van der Waals surface area contributed by atoms with Crippen molar-refractivity contribution < 1.29 is 38.1 Å². The van der Waals surface area contributed by atoms with Crippen molar-refractivity contribution in [3.8, 4) is 22.5 Å². The van der Waals surface area contributed by atoms with E-state index in [9.17, 15) is 19.2 Å². The number of nitrogens with one attached hydrogen (secondary N) is 4. The van der Waals surface area contributed by atoms with Crippen molar-refractivity contribution >= 4 is 24.0 Å². The van der Waals surface area contributed by atoms with Crippen LogP contribution in [0.25, 0.3) is 22.5 Å². The molecular formula is C49H58N8O8. The molecule has 0 radical (unpaired) electrons. The quantitative estimate of drug-likeness (QED) is 0.124. The third-order valence-corrected chi connectivity index (χ3v) is 15.6. The number of imidazole rings is 2. The number of rotatable bonds is 12. The summed E-state index contributed by atoms with van der Waals surface area (Å²) in [6.07, 6.45) is 10.1. The summed E-state index contributed by atoms with van der Waals surface area (Å²) in [5, 5.41) is 5.72. The van der Waals surface area contributed by atoms with Crippen molar-refractivity contribution in [3.63, 3.8) is 0 Å². The summed E-state index contributed by atoms with van der Waals surface area (Å²) in [4.78, 5) is 73.9. The molecule has 0 unspecified atom stereocenters. The standard InChI is InChI=1S/C49H58N8O8/c1-62-48(60)54-42(30-11-15-64-16-12-30)46(58)56-38-19-32(38)21-40(56)44-50-24-36(52-44)28-7-3-26(4-8-28)34-23-35(34)27-5-9-29(10-6-27)37-25-51-45(53-37)41-22-33-20-39(33)57(41)47(59)43(55-49(61)63-2)31-13-17-65-18-14-31/h3-10,24-25,30-35,38-43H,11-23H2,1-2H3,(H,50,52)(H,51,53)(H,54,60)(H,55,61)/t32-,33-,34-,35+,38-,39-,40+,41+,42-,43+/m1/s1. The van der Waals surface area contributed by atoms with Gasteiger partial charge >= 0.3 is 12.2 Å². The van der Waals surface area contributed by atoms with Crippen LogP contribution >= 0.6 is 0 Å². The highest BCUT2D eigenvalue weighted by Crippen LogP contribution is 2.56. The number of fused-ring (bicyclic) bond motifs is 2. The highest BCUT2D eigenvalue weighted by Gasteiger charge is 2.58. The summed E-state index contributed by atoms with van der Waals surface area (Å²) in [7, 11) is 2.65. The lowest BCUT2D eigenvalue weighted by Crippen LogP contribution is -2.54. The Bertz CT molecular complexity index is 2240. The van der Waals surface area contributed by atoms with E-state index in [1.54, 1.807) is 0 Å². The number of aromatic nitrogens is 4. The fraction of sp³-hybridized carbons (Fsp3) is 0.551. The van der Waals surface area contributed by atoms with E-state index in [2.05, 4.69) is 69.1 Å². The van der Waals surface area contributed by atoms with Crippen molar-refractivity contribution in [2.75, 3.05) is 40.6 Å². The molecule has 10 atom stereocenters. The van der Waals surface area contributed by atoms with E-state index in [0.717, 1.165) is 66.3 Å². The summed E-state index contributed by atoms with van der Waals surface area (Å²) >= 11 is 0. The van der Waals surface area contributed by atoms with Gasteiger partial charge < -0.3 is 49.3 Å². The minimum atomic E-state index is -0.663. The highest BCUT2D eigenvalue weighted by atomic mass is 16.5. The Balaban J connectivity index is 0.725. The van der Waals surface area contributed by atoms with Gasteiger partial charge in [0.2, 0.25) is 11.8 Å². The number of nitrogens with zero attached hydrogens (tertiary/aromatic N) is 4. The third-order valence-electron chi connectivity index (χ3n) is 15.6. The lowest BCUT2D eigenvalue weighted by molar-refractivity contribution is -0.138. The number of hydrogen-bond acceptors (Lipinski definition) is 10. The van der Waals surface area contributed by atoms with Crippen molar-refractivity contribution in [1.82, 2.24) is 40.4 Å². The number of hydrogen-bond donors (Lipinski definition) is 4. The predicted molar refractivity (Wildman–Crippen MR) is 236 cm³/mol. The monoisotopic (exact) mass is 886 g/mol. The van der Waals surface area contributed by atoms with Gasteiger partial charge in [-0.05, 0) is 116 Å². The average Bonchev–Trinajstić information content (AvgIpc) is 4.28. The molecule has 2 aromatic carbocycles. The zero-order valence-corrected chi connectivity index (χ0v) is 36.9. The van der Waals surface area contributed by atoms with Crippen molar-refractivity contribution in [2.24, 2.45) is 23.7 Å². The van der Waals surface area contributed by atoms with E-state index < -0.39 is 24.3 Å². The molecule has 0 spiro atoms. The number of amides is 4. The van der Waals surface area contributed by atoms with Gasteiger partial charge in [-0.25, -0.2) is 19.6 Å². The minimum Gasteiger partial charge on any atom is -0.453 e. The molecule has 4 saturated heterocycles. The van der Waals surface area contributed by atoms with E-state index in [0.29, 0.717) is 75.8 Å². The Morgan fingerprint density at radius 3 is 1.38 bits per heavy atom. The molecule has 65 heavy (non-hydrogen) atoms. The molecule has 4 N–H and O–H groups in total. The van der Waals surface area contributed by atoms with Gasteiger partial charge in [-0.3, -0.25) is 9.59 Å². The molecule has 2 aromatic heterocycles. The number of likely N-dealkylation sites (tertiary alicyclic amines) is 2. The number of piperidine rings is 2. The fourth-order valence-corrected chi connectivity index (χ4v) is 11.6. The number of carbonyl (C=O) groups excluding carboxylic acids is 4. The minimum absolute atomic E-state index is 0.0115. The second-order valence-corrected chi connectivity index (χ2v) is 19.3. The molecule has 4 amide bonds. The number of carbonyl (C=O) groups is 4. The summed E-state index contributed by atoms with van der Waals surface area (Å²) < 4.78 is 21.0. The SMILES string of the molecule is COC(=O)N[C@H](C(=O)N1[C@@H]2C[C@@H]2C[C@H]1c1ncc(-c2ccc([C@@H]3C[C@@H]3c3ccc(-c4cnc([C@@H]5C[C@H]6C[C@H]6N5C(=O)[C@H](NC(=O)OC)C5CCOCC5)[nH]4)cc3)cc2)[nH]1)C1CCOCC1. The van der Waals surface area contributed by atoms with Crippen LogP contribution in [0.1, 0.15) is 104 Å². The molecule has 7 fully saturated rings. The molecule has 342 valence electrons. The van der Waals surface area contributed by atoms with E-state index in [1.165, 1.54) is 25.3 Å². The summed E-state index contributed by atoms with van der Waals surface area (Å²) in [5.74, 6) is 3.19. The number of ether oxygens (including phenoxy) is 4. The van der Waals surface area contributed by atoms with Gasteiger partial charge in [0.15, 0.2) is 0 Å². The zero-order valence-electron chi connectivity index (χ0n) is 36.9. The van der Waals surface area contributed by atoms with E-state index in [1.807, 2.05) is 22.2 Å². The second kappa shape index (κ2) is 17.2. The Kier molecular flexibility index (Phi) is 11.1. The molecule has 16 nitrogen and oxygen atoms in total. The zero-order chi connectivity index (χ0) is 44.3. The second-order valence-electron chi connectivity index (χ2n) is 19.3. The molecule has 7 aliphatic rings. The van der Waals surface area contributed by atoms with Crippen LogP contribution in [0.2, 0.25) is 0 Å². The van der Waals surface area contributed by atoms with Crippen LogP contribution in [-0.4, -0.2) is 119 Å². The molecule has 3 saturated carbocycles. The molecule has 3 aliphatic carbocycles. The van der Waals surface area contributed by atoms with Gasteiger partial charge in [-0.15, -0.1) is 0 Å². The van der Waals surface area contributed by atoms with Gasteiger partial charge in [-0.1, -0.05) is 48.5 Å². The first-order valence-corrected chi connectivity index (χ1v) is 23.6. The molecule has 4 aliphatic heterocycles. The predicted octanol–water partition coefficient (Wildman–Crippen LogP) is 6.36. The Morgan fingerprint density at radius 2 is 1.00 bits per heavy atom. The van der Waals surface area contributed by atoms with Crippen molar-refractivity contribution in [1.29, 1.82) is 0 Å². The fourth-order valence-electron chi connectivity index (χ4n) is 11.6. The van der Waals surface area contributed by atoms with E-state index in [4.69, 9.17) is 28.9 Å². The Hall–Kier alpha value is -5.74. The van der Waals surface area contributed by atoms with Crippen LogP contribution in [0.3, 0.4) is 0 Å². The first-order chi connectivity index (χ1) is 31.8. The van der Waals surface area contributed by atoms with Crippen LogP contribution in [-0.2, 0) is 28.5 Å². The number of alkyl carbamates (subject to hydrolysis) is 2. The summed E-state index contributed by atoms with van der Waals surface area (Å²) in [5.41, 5.74) is 6.52. The maximum Gasteiger partial charge on any atom is 0.407 e. The van der Waals surface area contributed by atoms with Crippen molar-refractivity contribution in [2.45, 2.75) is 106 Å². The molecule has 6 heterocycles. The molecule has 16 heteroatoms. The van der Waals surface area contributed by atoms with Gasteiger partial charge in [-0.2, -0.15) is 0 Å². The van der Waals surface area contributed by atoms with Gasteiger partial charge in [0.25, 0.3) is 0 Å². The van der Waals surface area contributed by atoms with E-state index >= 15 is 0 Å².